The predicted octanol–water partition coefficient (Wildman–Crippen LogP) is 2.73. The molecule has 0 N–H and O–H groups in total. The van der Waals surface area contributed by atoms with Gasteiger partial charge in [-0.25, -0.2) is 4.42 Å². The molecule has 0 amide bonds. The summed E-state index contributed by atoms with van der Waals surface area (Å²) in [6.45, 7) is 2.05. The average molecular weight is 194 g/mol. The van der Waals surface area contributed by atoms with Crippen molar-refractivity contribution in [2.75, 3.05) is 13.1 Å². The lowest BCUT2D eigenvalue weighted by Crippen LogP contribution is -2.27. The van der Waals surface area contributed by atoms with Crippen LogP contribution in [0.3, 0.4) is 0 Å². The third kappa shape index (κ3) is 1.11. The number of piperidine rings is 1. The summed E-state index contributed by atoms with van der Waals surface area (Å²) < 4.78 is 1.94. The first-order valence-corrected chi connectivity index (χ1v) is 5.18. The van der Waals surface area contributed by atoms with Gasteiger partial charge in [-0.1, -0.05) is 24.3 Å². The third-order valence-corrected chi connectivity index (χ3v) is 3.56. The van der Waals surface area contributed by atoms with E-state index in [1.54, 1.807) is 0 Å². The largest absolute Gasteiger partial charge is 0.219 e. The minimum Gasteiger partial charge on any atom is -0.219 e. The molecule has 2 aliphatic rings. The van der Waals surface area contributed by atoms with Crippen LogP contribution >= 0.6 is 11.8 Å². The number of nitrogens with zero attached hydrogens (tertiary/aromatic N) is 1. The van der Waals surface area contributed by atoms with Crippen molar-refractivity contribution in [2.45, 2.75) is 18.3 Å². The van der Waals surface area contributed by atoms with E-state index in [1.807, 2.05) is 4.42 Å². The Balaban J connectivity index is 2.09. The summed E-state index contributed by atoms with van der Waals surface area (Å²) >= 11 is 6.07. The normalized spacial score (nSPS) is 31.8. The van der Waals surface area contributed by atoms with Crippen LogP contribution in [0.1, 0.15) is 29.4 Å². The van der Waals surface area contributed by atoms with Crippen LogP contribution in [0.4, 0.5) is 0 Å². The summed E-state index contributed by atoms with van der Waals surface area (Å²) in [7, 11) is 0. The topological polar surface area (TPSA) is 3.24 Å². The number of fused-ring (bicyclic) bond motifs is 5. The Labute approximate surface area is 83.4 Å². The third-order valence-electron chi connectivity index (χ3n) is 3.28. The molecule has 3 rings (SSSR count). The lowest BCUT2D eigenvalue weighted by atomic mass is 9.98. The van der Waals surface area contributed by atoms with Gasteiger partial charge in [0.25, 0.3) is 0 Å². The van der Waals surface area contributed by atoms with Gasteiger partial charge in [0.15, 0.2) is 0 Å². The van der Waals surface area contributed by atoms with E-state index in [4.69, 9.17) is 11.8 Å². The van der Waals surface area contributed by atoms with E-state index in [9.17, 15) is 0 Å². The second-order valence-corrected chi connectivity index (χ2v) is 4.56. The molecule has 0 aromatic heterocycles. The highest BCUT2D eigenvalue weighted by molar-refractivity contribution is 6.13. The van der Waals surface area contributed by atoms with Crippen molar-refractivity contribution < 1.29 is 0 Å². The number of hydrogen-bond donors (Lipinski definition) is 0. The van der Waals surface area contributed by atoms with Crippen molar-refractivity contribution >= 4 is 11.8 Å². The minimum absolute atomic E-state index is 0.687. The fourth-order valence-corrected chi connectivity index (χ4v) is 3.08. The summed E-state index contributed by atoms with van der Waals surface area (Å²) in [5.74, 6) is 1.37. The molecular weight excluding hydrogens is 182 g/mol. The first-order chi connectivity index (χ1) is 6.34. The lowest BCUT2D eigenvalue weighted by Gasteiger charge is -2.25. The van der Waals surface area contributed by atoms with E-state index in [0.29, 0.717) is 11.8 Å². The quantitative estimate of drug-likeness (QED) is 0.573. The van der Waals surface area contributed by atoms with E-state index in [-0.39, 0.29) is 0 Å². The van der Waals surface area contributed by atoms with Crippen molar-refractivity contribution in [1.29, 1.82) is 0 Å². The number of rotatable bonds is 0. The zero-order chi connectivity index (χ0) is 8.84. The van der Waals surface area contributed by atoms with Gasteiger partial charge in [-0.2, -0.15) is 0 Å². The standard InChI is InChI=1S/C11H12ClN/c12-13-6-8-5-9(7-13)11-4-2-1-3-10(8)11/h1-4,8-9H,5-7H2. The van der Waals surface area contributed by atoms with E-state index >= 15 is 0 Å². The van der Waals surface area contributed by atoms with Gasteiger partial charge in [0, 0.05) is 13.1 Å². The molecule has 2 heteroatoms. The van der Waals surface area contributed by atoms with Crippen molar-refractivity contribution in [2.24, 2.45) is 0 Å². The van der Waals surface area contributed by atoms with Crippen LogP contribution in [0.5, 0.6) is 0 Å². The second kappa shape index (κ2) is 2.73. The molecule has 2 atom stereocenters. The fourth-order valence-electron chi connectivity index (χ4n) is 2.75. The fraction of sp³-hybridized carbons (Fsp3) is 0.455. The molecular formula is C11H12ClN. The van der Waals surface area contributed by atoms with Crippen LogP contribution in [-0.4, -0.2) is 17.5 Å². The molecule has 1 aromatic rings. The molecule has 0 radical (unpaired) electrons. The Morgan fingerprint density at radius 1 is 1.08 bits per heavy atom. The van der Waals surface area contributed by atoms with Crippen LogP contribution in [0.2, 0.25) is 0 Å². The van der Waals surface area contributed by atoms with Gasteiger partial charge in [-0.05, 0) is 41.2 Å². The first kappa shape index (κ1) is 7.84. The monoisotopic (exact) mass is 193 g/mol. The summed E-state index contributed by atoms with van der Waals surface area (Å²) in [6.07, 6.45) is 1.31. The molecule has 1 heterocycles. The maximum atomic E-state index is 6.07. The van der Waals surface area contributed by atoms with Gasteiger partial charge in [-0.15, -0.1) is 0 Å². The van der Waals surface area contributed by atoms with Gasteiger partial charge >= 0.3 is 0 Å². The zero-order valence-corrected chi connectivity index (χ0v) is 8.17. The first-order valence-electron chi connectivity index (χ1n) is 4.84. The molecule has 2 bridgehead atoms. The molecule has 1 aromatic carbocycles. The van der Waals surface area contributed by atoms with Crippen LogP contribution in [-0.2, 0) is 0 Å². The van der Waals surface area contributed by atoms with Crippen molar-refractivity contribution in [1.82, 2.24) is 4.42 Å². The van der Waals surface area contributed by atoms with Gasteiger partial charge in [0.1, 0.15) is 0 Å². The highest BCUT2D eigenvalue weighted by Crippen LogP contribution is 2.45. The smallest absolute Gasteiger partial charge is 0.0208 e. The van der Waals surface area contributed by atoms with Crippen LogP contribution in [0.15, 0.2) is 24.3 Å². The van der Waals surface area contributed by atoms with Gasteiger partial charge < -0.3 is 0 Å². The summed E-state index contributed by atoms with van der Waals surface area (Å²) in [6, 6.07) is 8.79. The van der Waals surface area contributed by atoms with E-state index in [0.717, 1.165) is 13.1 Å². The molecule has 1 saturated heterocycles. The number of hydrogen-bond acceptors (Lipinski definition) is 1. The van der Waals surface area contributed by atoms with E-state index in [2.05, 4.69) is 24.3 Å². The predicted molar refractivity (Wildman–Crippen MR) is 54.0 cm³/mol. The number of halogens is 1. The molecule has 1 aliphatic carbocycles. The summed E-state index contributed by atoms with van der Waals surface area (Å²) in [5, 5.41) is 0. The highest BCUT2D eigenvalue weighted by Gasteiger charge is 2.36. The SMILES string of the molecule is ClN1CC2CC(C1)c1ccccc12. The van der Waals surface area contributed by atoms with Crippen molar-refractivity contribution in [3.63, 3.8) is 0 Å². The molecule has 68 valence electrons. The summed E-state index contributed by atoms with van der Waals surface area (Å²) in [4.78, 5) is 0. The Kier molecular flexibility index (Phi) is 1.64. The average Bonchev–Trinajstić information content (AvgIpc) is 2.41. The van der Waals surface area contributed by atoms with Gasteiger partial charge in [-0.3, -0.25) is 0 Å². The molecule has 1 nitrogen and oxygen atoms in total. The number of benzene rings is 1. The van der Waals surface area contributed by atoms with Crippen molar-refractivity contribution in [3.8, 4) is 0 Å². The Bertz CT molecular complexity index is 302. The molecule has 0 saturated carbocycles. The minimum atomic E-state index is 0.687. The Morgan fingerprint density at radius 2 is 1.62 bits per heavy atom. The maximum Gasteiger partial charge on any atom is 0.0208 e. The molecule has 1 fully saturated rings. The summed E-state index contributed by atoms with van der Waals surface area (Å²) in [5.41, 5.74) is 3.08. The second-order valence-electron chi connectivity index (χ2n) is 4.09. The van der Waals surface area contributed by atoms with Crippen LogP contribution < -0.4 is 0 Å². The van der Waals surface area contributed by atoms with Gasteiger partial charge in [0.2, 0.25) is 0 Å². The Hall–Kier alpha value is -0.530. The van der Waals surface area contributed by atoms with Gasteiger partial charge in [0.05, 0.1) is 0 Å². The molecule has 1 aliphatic heterocycles. The van der Waals surface area contributed by atoms with E-state index in [1.165, 1.54) is 17.5 Å². The lowest BCUT2D eigenvalue weighted by molar-refractivity contribution is 0.325. The van der Waals surface area contributed by atoms with Crippen LogP contribution in [0.25, 0.3) is 0 Å². The molecule has 0 spiro atoms. The van der Waals surface area contributed by atoms with E-state index < -0.39 is 0 Å². The van der Waals surface area contributed by atoms with Crippen LogP contribution in [0, 0.1) is 0 Å². The highest BCUT2D eigenvalue weighted by atomic mass is 35.5. The zero-order valence-electron chi connectivity index (χ0n) is 7.41. The van der Waals surface area contributed by atoms with Crippen molar-refractivity contribution in [3.05, 3.63) is 35.4 Å². The molecule has 13 heavy (non-hydrogen) atoms. The maximum absolute atomic E-state index is 6.07. The molecule has 2 unspecified atom stereocenters. The Morgan fingerprint density at radius 3 is 2.15 bits per heavy atom.